The summed E-state index contributed by atoms with van der Waals surface area (Å²) in [6.07, 6.45) is 1.81. The number of carbonyl (C=O) groups excluding carboxylic acids is 1. The van der Waals surface area contributed by atoms with E-state index in [2.05, 4.69) is 0 Å². The van der Waals surface area contributed by atoms with Gasteiger partial charge in [0.1, 0.15) is 5.82 Å². The maximum absolute atomic E-state index is 13.0. The molecule has 0 radical (unpaired) electrons. The van der Waals surface area contributed by atoms with E-state index in [0.717, 1.165) is 5.56 Å². The van der Waals surface area contributed by atoms with Crippen LogP contribution in [0.2, 0.25) is 0 Å². The van der Waals surface area contributed by atoms with Gasteiger partial charge in [0.05, 0.1) is 10.6 Å². The lowest BCUT2D eigenvalue weighted by Crippen LogP contribution is -2.27. The first-order valence-electron chi connectivity index (χ1n) is 6.24. The fourth-order valence-electron chi connectivity index (χ4n) is 1.98. The van der Waals surface area contributed by atoms with Gasteiger partial charge in [-0.3, -0.25) is 9.69 Å². The van der Waals surface area contributed by atoms with Crippen LogP contribution in [0.4, 0.5) is 10.1 Å². The quantitative estimate of drug-likeness (QED) is 0.611. The van der Waals surface area contributed by atoms with Gasteiger partial charge in [-0.05, 0) is 35.9 Å². The summed E-state index contributed by atoms with van der Waals surface area (Å²) in [4.78, 5) is 14.5. The first-order chi connectivity index (χ1) is 10.1. The molecule has 0 unspecified atom stereocenters. The number of halogens is 1. The molecule has 1 saturated heterocycles. The number of nitrogens with zero attached hydrogens (tertiary/aromatic N) is 1. The van der Waals surface area contributed by atoms with Crippen molar-refractivity contribution >= 4 is 46.0 Å². The summed E-state index contributed by atoms with van der Waals surface area (Å²) in [6.45, 7) is 0. The van der Waals surface area contributed by atoms with E-state index in [-0.39, 0.29) is 11.7 Å². The molecule has 0 aliphatic carbocycles. The predicted octanol–water partition coefficient (Wildman–Crippen LogP) is 4.23. The summed E-state index contributed by atoms with van der Waals surface area (Å²) >= 11 is 6.51. The Morgan fingerprint density at radius 3 is 2.38 bits per heavy atom. The minimum Gasteiger partial charge on any atom is -0.268 e. The van der Waals surface area contributed by atoms with E-state index in [9.17, 15) is 9.18 Å². The SMILES string of the molecule is O=C1C(=Cc2ccccc2)SC(=S)N1c1ccc(F)cc1. The number of benzene rings is 2. The second kappa shape index (κ2) is 5.79. The Morgan fingerprint density at radius 2 is 1.71 bits per heavy atom. The van der Waals surface area contributed by atoms with E-state index in [0.29, 0.717) is 14.9 Å². The third-order valence-corrected chi connectivity index (χ3v) is 4.28. The molecule has 0 saturated carbocycles. The average Bonchev–Trinajstić information content (AvgIpc) is 2.76. The molecule has 5 heteroatoms. The maximum Gasteiger partial charge on any atom is 0.270 e. The van der Waals surface area contributed by atoms with Crippen molar-refractivity contribution in [3.63, 3.8) is 0 Å². The minimum absolute atomic E-state index is 0.180. The van der Waals surface area contributed by atoms with E-state index in [4.69, 9.17) is 12.2 Å². The Morgan fingerprint density at radius 1 is 1.05 bits per heavy atom. The number of thioether (sulfide) groups is 1. The zero-order valence-corrected chi connectivity index (χ0v) is 12.5. The monoisotopic (exact) mass is 315 g/mol. The van der Waals surface area contributed by atoms with Crippen LogP contribution in [0.1, 0.15) is 5.56 Å². The standard InChI is InChI=1S/C16H10FNOS2/c17-12-6-8-13(9-7-12)18-15(19)14(21-16(18)20)10-11-4-2-1-3-5-11/h1-10H. The Balaban J connectivity index is 1.92. The van der Waals surface area contributed by atoms with E-state index < -0.39 is 0 Å². The van der Waals surface area contributed by atoms with Gasteiger partial charge in [-0.2, -0.15) is 0 Å². The normalized spacial score (nSPS) is 16.8. The summed E-state index contributed by atoms with van der Waals surface area (Å²) in [5.74, 6) is -0.524. The second-order valence-corrected chi connectivity index (χ2v) is 6.08. The molecular weight excluding hydrogens is 305 g/mol. The van der Waals surface area contributed by atoms with Crippen LogP contribution in [0, 0.1) is 5.82 Å². The highest BCUT2D eigenvalue weighted by atomic mass is 32.2. The fraction of sp³-hybridized carbons (Fsp3) is 0. The molecule has 1 aliphatic rings. The Labute approximate surface area is 131 Å². The van der Waals surface area contributed by atoms with Gasteiger partial charge in [0.25, 0.3) is 5.91 Å². The lowest BCUT2D eigenvalue weighted by atomic mass is 10.2. The largest absolute Gasteiger partial charge is 0.270 e. The van der Waals surface area contributed by atoms with Crippen LogP contribution >= 0.6 is 24.0 Å². The molecule has 0 spiro atoms. The molecule has 0 aromatic heterocycles. The summed E-state index contributed by atoms with van der Waals surface area (Å²) in [6, 6.07) is 15.3. The van der Waals surface area contributed by atoms with E-state index >= 15 is 0 Å². The van der Waals surface area contributed by atoms with Crippen molar-refractivity contribution in [1.29, 1.82) is 0 Å². The fourth-order valence-corrected chi connectivity index (χ4v) is 3.28. The third kappa shape index (κ3) is 2.89. The highest BCUT2D eigenvalue weighted by Crippen LogP contribution is 2.35. The molecule has 0 bridgehead atoms. The van der Waals surface area contributed by atoms with Gasteiger partial charge in [-0.25, -0.2) is 4.39 Å². The van der Waals surface area contributed by atoms with Gasteiger partial charge in [-0.15, -0.1) is 0 Å². The van der Waals surface area contributed by atoms with Crippen molar-refractivity contribution in [2.24, 2.45) is 0 Å². The van der Waals surface area contributed by atoms with Crippen molar-refractivity contribution in [1.82, 2.24) is 0 Å². The molecule has 1 fully saturated rings. The summed E-state index contributed by atoms with van der Waals surface area (Å²) in [7, 11) is 0. The van der Waals surface area contributed by atoms with Gasteiger partial charge >= 0.3 is 0 Å². The maximum atomic E-state index is 13.0. The third-order valence-electron chi connectivity index (χ3n) is 2.98. The number of anilines is 1. The van der Waals surface area contributed by atoms with Crippen LogP contribution in [-0.2, 0) is 4.79 Å². The lowest BCUT2D eigenvalue weighted by Gasteiger charge is -2.14. The lowest BCUT2D eigenvalue weighted by molar-refractivity contribution is -0.113. The summed E-state index contributed by atoms with van der Waals surface area (Å²) in [5.41, 5.74) is 1.52. The Hall–Kier alpha value is -1.98. The average molecular weight is 315 g/mol. The molecule has 2 aromatic carbocycles. The molecule has 3 rings (SSSR count). The Kier molecular flexibility index (Phi) is 3.86. The van der Waals surface area contributed by atoms with Crippen LogP contribution in [-0.4, -0.2) is 10.2 Å². The zero-order valence-electron chi connectivity index (χ0n) is 10.8. The van der Waals surface area contributed by atoms with Gasteiger partial charge < -0.3 is 0 Å². The predicted molar refractivity (Wildman–Crippen MR) is 88.5 cm³/mol. The van der Waals surface area contributed by atoms with Crippen LogP contribution in [0.25, 0.3) is 6.08 Å². The molecule has 2 nitrogen and oxygen atoms in total. The molecule has 21 heavy (non-hydrogen) atoms. The molecule has 1 amide bonds. The van der Waals surface area contributed by atoms with E-state index in [1.54, 1.807) is 12.1 Å². The second-order valence-electron chi connectivity index (χ2n) is 4.40. The van der Waals surface area contributed by atoms with Gasteiger partial charge in [-0.1, -0.05) is 54.3 Å². The molecule has 0 atom stereocenters. The molecular formula is C16H10FNOS2. The number of carbonyl (C=O) groups is 1. The topological polar surface area (TPSA) is 20.3 Å². The van der Waals surface area contributed by atoms with Crippen LogP contribution < -0.4 is 4.90 Å². The first-order valence-corrected chi connectivity index (χ1v) is 7.46. The molecule has 1 heterocycles. The zero-order chi connectivity index (χ0) is 14.8. The highest BCUT2D eigenvalue weighted by molar-refractivity contribution is 8.27. The van der Waals surface area contributed by atoms with Gasteiger partial charge in [0, 0.05) is 0 Å². The number of hydrogen-bond acceptors (Lipinski definition) is 3. The number of amides is 1. The van der Waals surface area contributed by atoms with Crippen molar-refractivity contribution in [3.05, 3.63) is 70.9 Å². The van der Waals surface area contributed by atoms with Crippen LogP contribution in [0.5, 0.6) is 0 Å². The van der Waals surface area contributed by atoms with Crippen molar-refractivity contribution in [2.75, 3.05) is 4.90 Å². The number of hydrogen-bond donors (Lipinski definition) is 0. The molecule has 0 N–H and O–H groups in total. The highest BCUT2D eigenvalue weighted by Gasteiger charge is 2.33. The van der Waals surface area contributed by atoms with E-state index in [1.165, 1.54) is 28.8 Å². The van der Waals surface area contributed by atoms with Crippen LogP contribution in [0.3, 0.4) is 0 Å². The van der Waals surface area contributed by atoms with Gasteiger partial charge in [0.2, 0.25) is 0 Å². The Bertz CT molecular complexity index is 726. The van der Waals surface area contributed by atoms with Crippen molar-refractivity contribution in [3.8, 4) is 0 Å². The van der Waals surface area contributed by atoms with Crippen molar-refractivity contribution in [2.45, 2.75) is 0 Å². The molecule has 104 valence electrons. The summed E-state index contributed by atoms with van der Waals surface area (Å²) in [5, 5.41) is 0. The van der Waals surface area contributed by atoms with Gasteiger partial charge in [0.15, 0.2) is 4.32 Å². The minimum atomic E-state index is -0.344. The first kappa shape index (κ1) is 14.0. The van der Waals surface area contributed by atoms with Crippen LogP contribution in [0.15, 0.2) is 59.5 Å². The number of thiocarbonyl (C=S) groups is 1. The number of rotatable bonds is 2. The smallest absolute Gasteiger partial charge is 0.268 e. The van der Waals surface area contributed by atoms with E-state index in [1.807, 2.05) is 36.4 Å². The molecule has 2 aromatic rings. The summed E-state index contributed by atoms with van der Waals surface area (Å²) < 4.78 is 13.4. The molecule has 1 aliphatic heterocycles. The van der Waals surface area contributed by atoms with Crippen molar-refractivity contribution < 1.29 is 9.18 Å².